The molecule has 0 heterocycles. The highest BCUT2D eigenvalue weighted by Crippen LogP contribution is 2.00. The molecular formula is C15H20N2O4. The van der Waals surface area contributed by atoms with Gasteiger partial charge in [-0.25, -0.2) is 0 Å². The Balaban J connectivity index is 2.36. The molecule has 1 aromatic carbocycles. The summed E-state index contributed by atoms with van der Waals surface area (Å²) in [5.74, 6) is -1.44. The van der Waals surface area contributed by atoms with Gasteiger partial charge in [-0.2, -0.15) is 0 Å². The minimum atomic E-state index is -0.953. The van der Waals surface area contributed by atoms with Crippen molar-refractivity contribution in [3.63, 3.8) is 0 Å². The quantitative estimate of drug-likeness (QED) is 0.615. The zero-order valence-electron chi connectivity index (χ0n) is 12.2. The number of carbonyl (C=O) groups excluding carboxylic acids is 3. The van der Waals surface area contributed by atoms with Crippen molar-refractivity contribution in [1.82, 2.24) is 10.9 Å². The van der Waals surface area contributed by atoms with Crippen molar-refractivity contribution in [2.75, 3.05) is 0 Å². The Morgan fingerprint density at radius 2 is 1.81 bits per heavy atom. The summed E-state index contributed by atoms with van der Waals surface area (Å²) in [7, 11) is 0. The Bertz CT molecular complexity index is 488. The van der Waals surface area contributed by atoms with Gasteiger partial charge in [0.25, 0.3) is 11.8 Å². The van der Waals surface area contributed by atoms with Crippen LogP contribution >= 0.6 is 0 Å². The van der Waals surface area contributed by atoms with Gasteiger partial charge in [0.2, 0.25) is 0 Å². The Kier molecular flexibility index (Phi) is 6.94. The predicted octanol–water partition coefficient (Wildman–Crippen LogP) is 1.57. The summed E-state index contributed by atoms with van der Waals surface area (Å²) in [6.07, 6.45) is 0.927. The Labute approximate surface area is 123 Å². The molecule has 2 N–H and O–H groups in total. The minimum Gasteiger partial charge on any atom is -0.452 e. The lowest BCUT2D eigenvalue weighted by atomic mass is 10.2. The van der Waals surface area contributed by atoms with Crippen LogP contribution in [0.15, 0.2) is 30.3 Å². The van der Waals surface area contributed by atoms with E-state index in [1.807, 2.05) is 6.92 Å². The van der Waals surface area contributed by atoms with Crippen molar-refractivity contribution in [2.45, 2.75) is 39.2 Å². The van der Waals surface area contributed by atoms with Gasteiger partial charge >= 0.3 is 5.97 Å². The van der Waals surface area contributed by atoms with E-state index in [0.29, 0.717) is 5.56 Å². The van der Waals surface area contributed by atoms with Gasteiger partial charge in [-0.1, -0.05) is 31.5 Å². The van der Waals surface area contributed by atoms with Crippen LogP contribution in [0.3, 0.4) is 0 Å². The highest BCUT2D eigenvalue weighted by Gasteiger charge is 2.18. The maximum absolute atomic E-state index is 11.7. The van der Waals surface area contributed by atoms with Crippen LogP contribution in [0.5, 0.6) is 0 Å². The molecule has 0 spiro atoms. The van der Waals surface area contributed by atoms with E-state index >= 15 is 0 Å². The third-order valence-electron chi connectivity index (χ3n) is 2.75. The molecule has 1 atom stereocenters. The van der Waals surface area contributed by atoms with Crippen molar-refractivity contribution in [3.8, 4) is 0 Å². The highest BCUT2D eigenvalue weighted by atomic mass is 16.5. The lowest BCUT2D eigenvalue weighted by Gasteiger charge is -2.14. The molecule has 114 valence electrons. The number of benzene rings is 1. The van der Waals surface area contributed by atoms with Crippen LogP contribution in [0.1, 0.15) is 43.5 Å². The molecular weight excluding hydrogens is 272 g/mol. The number of unbranched alkanes of at least 4 members (excludes halogenated alkanes) is 1. The molecule has 6 heteroatoms. The fraction of sp³-hybridized carbons (Fsp3) is 0.400. The molecule has 0 aliphatic heterocycles. The third-order valence-corrected chi connectivity index (χ3v) is 2.75. The van der Waals surface area contributed by atoms with E-state index in [1.165, 1.54) is 6.92 Å². The van der Waals surface area contributed by atoms with Crippen molar-refractivity contribution in [3.05, 3.63) is 35.9 Å². The van der Waals surface area contributed by atoms with Crippen LogP contribution in [0.4, 0.5) is 0 Å². The minimum absolute atomic E-state index is 0.282. The molecule has 6 nitrogen and oxygen atoms in total. The number of ether oxygens (including phenoxy) is 1. The van der Waals surface area contributed by atoms with Crippen LogP contribution in [0, 0.1) is 0 Å². The molecule has 21 heavy (non-hydrogen) atoms. The number of hydrazine groups is 1. The van der Waals surface area contributed by atoms with E-state index in [2.05, 4.69) is 10.9 Å². The molecule has 2 amide bonds. The van der Waals surface area contributed by atoms with Crippen molar-refractivity contribution >= 4 is 17.8 Å². The summed E-state index contributed by atoms with van der Waals surface area (Å²) in [6, 6.07) is 8.46. The molecule has 0 fully saturated rings. The number of rotatable bonds is 6. The number of hydrogen-bond donors (Lipinski definition) is 2. The fourth-order valence-corrected chi connectivity index (χ4v) is 1.51. The topological polar surface area (TPSA) is 84.5 Å². The summed E-state index contributed by atoms with van der Waals surface area (Å²) < 4.78 is 4.95. The molecule has 0 aliphatic carbocycles. The second-order valence-electron chi connectivity index (χ2n) is 4.55. The summed E-state index contributed by atoms with van der Waals surface area (Å²) in [6.45, 7) is 3.41. The molecule has 0 unspecified atom stereocenters. The standard InChI is InChI=1S/C15H20N2O4/c1-3-4-10-13(18)21-11(2)14(19)16-17-15(20)12-8-6-5-7-9-12/h5-9,11H,3-4,10H2,1-2H3,(H,16,19)(H,17,20)/t11-/m1/s1. The molecule has 0 saturated heterocycles. The summed E-state index contributed by atoms with van der Waals surface area (Å²) in [4.78, 5) is 34.8. The van der Waals surface area contributed by atoms with Crippen LogP contribution in [0.2, 0.25) is 0 Å². The molecule has 1 aromatic rings. The van der Waals surface area contributed by atoms with Crippen molar-refractivity contribution in [1.29, 1.82) is 0 Å². The lowest BCUT2D eigenvalue weighted by molar-refractivity contribution is -0.155. The summed E-state index contributed by atoms with van der Waals surface area (Å²) in [5.41, 5.74) is 4.91. The van der Waals surface area contributed by atoms with Gasteiger partial charge in [0, 0.05) is 12.0 Å². The van der Waals surface area contributed by atoms with Crippen LogP contribution in [0.25, 0.3) is 0 Å². The number of amides is 2. The Hall–Kier alpha value is -2.37. The van der Waals surface area contributed by atoms with E-state index < -0.39 is 23.9 Å². The first-order valence-corrected chi connectivity index (χ1v) is 6.89. The van der Waals surface area contributed by atoms with Gasteiger partial charge in [0.1, 0.15) is 0 Å². The third kappa shape index (κ3) is 6.07. The maximum Gasteiger partial charge on any atom is 0.306 e. The second kappa shape index (κ2) is 8.73. The second-order valence-corrected chi connectivity index (χ2v) is 4.55. The van der Waals surface area contributed by atoms with Gasteiger partial charge in [-0.15, -0.1) is 0 Å². The van der Waals surface area contributed by atoms with Crippen molar-refractivity contribution in [2.24, 2.45) is 0 Å². The number of carbonyl (C=O) groups is 3. The van der Waals surface area contributed by atoms with E-state index in [-0.39, 0.29) is 6.42 Å². The van der Waals surface area contributed by atoms with E-state index in [4.69, 9.17) is 4.74 Å². The average Bonchev–Trinajstić information content (AvgIpc) is 2.50. The highest BCUT2D eigenvalue weighted by molar-refractivity contribution is 5.95. The molecule has 0 aliphatic rings. The largest absolute Gasteiger partial charge is 0.452 e. The monoisotopic (exact) mass is 292 g/mol. The lowest BCUT2D eigenvalue weighted by Crippen LogP contribution is -2.46. The average molecular weight is 292 g/mol. The summed E-state index contributed by atoms with van der Waals surface area (Å²) in [5, 5.41) is 0. The maximum atomic E-state index is 11.7. The van der Waals surface area contributed by atoms with E-state index in [9.17, 15) is 14.4 Å². The van der Waals surface area contributed by atoms with E-state index in [1.54, 1.807) is 30.3 Å². The molecule has 0 bridgehead atoms. The van der Waals surface area contributed by atoms with Crippen LogP contribution in [-0.4, -0.2) is 23.9 Å². The first kappa shape index (κ1) is 16.7. The number of esters is 1. The smallest absolute Gasteiger partial charge is 0.306 e. The molecule has 0 radical (unpaired) electrons. The van der Waals surface area contributed by atoms with Gasteiger partial charge in [-0.3, -0.25) is 25.2 Å². The van der Waals surface area contributed by atoms with E-state index in [0.717, 1.165) is 12.8 Å². The Morgan fingerprint density at radius 3 is 2.43 bits per heavy atom. The Morgan fingerprint density at radius 1 is 1.14 bits per heavy atom. The molecule has 0 saturated carbocycles. The fourth-order valence-electron chi connectivity index (χ4n) is 1.51. The zero-order chi connectivity index (χ0) is 15.7. The van der Waals surface area contributed by atoms with Gasteiger partial charge in [0.15, 0.2) is 6.10 Å². The summed E-state index contributed by atoms with van der Waals surface area (Å²) >= 11 is 0. The van der Waals surface area contributed by atoms with Gasteiger partial charge in [0.05, 0.1) is 0 Å². The zero-order valence-corrected chi connectivity index (χ0v) is 12.2. The van der Waals surface area contributed by atoms with Gasteiger partial charge < -0.3 is 4.74 Å². The number of hydrogen-bond acceptors (Lipinski definition) is 4. The first-order chi connectivity index (χ1) is 10.0. The van der Waals surface area contributed by atoms with Gasteiger partial charge in [-0.05, 0) is 25.5 Å². The SMILES string of the molecule is CCCCC(=O)O[C@H](C)C(=O)NNC(=O)c1ccccc1. The predicted molar refractivity (Wildman–Crippen MR) is 77.1 cm³/mol. The van der Waals surface area contributed by atoms with Crippen LogP contribution in [-0.2, 0) is 14.3 Å². The first-order valence-electron chi connectivity index (χ1n) is 6.89. The molecule has 1 rings (SSSR count). The normalized spacial score (nSPS) is 11.3. The number of nitrogens with one attached hydrogen (secondary N) is 2. The molecule has 0 aromatic heterocycles. The van der Waals surface area contributed by atoms with Crippen molar-refractivity contribution < 1.29 is 19.1 Å². The van der Waals surface area contributed by atoms with Crippen LogP contribution < -0.4 is 10.9 Å².